The summed E-state index contributed by atoms with van der Waals surface area (Å²) in [5, 5.41) is 4.17. The Morgan fingerprint density at radius 1 is 1.53 bits per heavy atom. The largest absolute Gasteiger partial charge is 0.465 e. The average Bonchev–Trinajstić information content (AvgIpc) is 2.48. The van der Waals surface area contributed by atoms with E-state index in [9.17, 15) is 4.79 Å². The van der Waals surface area contributed by atoms with Gasteiger partial charge in [0.15, 0.2) is 0 Å². The van der Waals surface area contributed by atoms with Crippen LogP contribution in [-0.2, 0) is 11.3 Å². The van der Waals surface area contributed by atoms with Gasteiger partial charge in [0, 0.05) is 24.5 Å². The first-order valence-corrected chi connectivity index (χ1v) is 7.70. The second-order valence-corrected chi connectivity index (χ2v) is 6.06. The van der Waals surface area contributed by atoms with E-state index in [1.807, 2.05) is 6.07 Å². The molecule has 2 rings (SSSR count). The molecule has 1 saturated heterocycles. The van der Waals surface area contributed by atoms with Gasteiger partial charge in [-0.1, -0.05) is 6.42 Å². The van der Waals surface area contributed by atoms with Crippen molar-refractivity contribution >= 4 is 17.7 Å². The summed E-state index contributed by atoms with van der Waals surface area (Å²) in [7, 11) is 1.37. The number of aromatic nitrogens is 1. The topological polar surface area (TPSA) is 51.2 Å². The quantitative estimate of drug-likeness (QED) is 0.838. The summed E-state index contributed by atoms with van der Waals surface area (Å²) in [5.74, 6) is 0.948. The Labute approximate surface area is 118 Å². The molecule has 1 aromatic rings. The van der Waals surface area contributed by atoms with Crippen LogP contribution in [0.25, 0.3) is 0 Å². The lowest BCUT2D eigenvalue weighted by molar-refractivity contribution is 0.0600. The van der Waals surface area contributed by atoms with Crippen molar-refractivity contribution in [2.75, 3.05) is 19.4 Å². The molecule has 104 valence electrons. The fourth-order valence-electron chi connectivity index (χ4n) is 2.10. The zero-order valence-corrected chi connectivity index (χ0v) is 12.0. The van der Waals surface area contributed by atoms with Crippen LogP contribution in [-0.4, -0.2) is 35.6 Å². The standard InChI is InChI=1S/C14H20N2O2S/c1-18-14(17)11-5-6-12(16-8-11)9-15-10-13-4-2-3-7-19-13/h5-6,8,13,15H,2-4,7,9-10H2,1H3. The summed E-state index contributed by atoms with van der Waals surface area (Å²) in [6.07, 6.45) is 5.59. The number of nitrogens with one attached hydrogen (secondary N) is 1. The van der Waals surface area contributed by atoms with Crippen LogP contribution in [0.1, 0.15) is 35.3 Å². The van der Waals surface area contributed by atoms with Crippen LogP contribution in [0.4, 0.5) is 0 Å². The van der Waals surface area contributed by atoms with Crippen molar-refractivity contribution in [3.8, 4) is 0 Å². The number of ether oxygens (including phenoxy) is 1. The van der Waals surface area contributed by atoms with Crippen molar-refractivity contribution in [3.63, 3.8) is 0 Å². The van der Waals surface area contributed by atoms with Gasteiger partial charge >= 0.3 is 5.97 Å². The normalized spacial score (nSPS) is 19.1. The number of carbonyl (C=O) groups excluding carboxylic acids is 1. The molecular weight excluding hydrogens is 260 g/mol. The minimum absolute atomic E-state index is 0.342. The molecule has 1 aliphatic rings. The minimum Gasteiger partial charge on any atom is -0.465 e. The van der Waals surface area contributed by atoms with Crippen molar-refractivity contribution in [2.24, 2.45) is 0 Å². The molecule has 19 heavy (non-hydrogen) atoms. The average molecular weight is 280 g/mol. The lowest BCUT2D eigenvalue weighted by atomic mass is 10.2. The van der Waals surface area contributed by atoms with Gasteiger partial charge in [-0.05, 0) is 30.7 Å². The number of hydrogen-bond acceptors (Lipinski definition) is 5. The van der Waals surface area contributed by atoms with Crippen LogP contribution in [0.3, 0.4) is 0 Å². The number of nitrogens with zero attached hydrogens (tertiary/aromatic N) is 1. The molecule has 0 bridgehead atoms. The SMILES string of the molecule is COC(=O)c1ccc(CNCC2CCCCS2)nc1. The van der Waals surface area contributed by atoms with Gasteiger partial charge < -0.3 is 10.1 Å². The number of rotatable bonds is 5. The summed E-state index contributed by atoms with van der Waals surface area (Å²) in [6, 6.07) is 3.62. The highest BCUT2D eigenvalue weighted by Crippen LogP contribution is 2.24. The van der Waals surface area contributed by atoms with Crippen LogP contribution in [0.5, 0.6) is 0 Å². The molecule has 0 amide bonds. The highest BCUT2D eigenvalue weighted by molar-refractivity contribution is 7.99. The molecule has 4 nitrogen and oxygen atoms in total. The second-order valence-electron chi connectivity index (χ2n) is 4.65. The molecule has 0 aliphatic carbocycles. The van der Waals surface area contributed by atoms with E-state index in [1.54, 1.807) is 12.3 Å². The summed E-state index contributed by atoms with van der Waals surface area (Å²) in [4.78, 5) is 15.5. The van der Waals surface area contributed by atoms with E-state index >= 15 is 0 Å². The zero-order chi connectivity index (χ0) is 13.5. The Morgan fingerprint density at radius 2 is 2.42 bits per heavy atom. The summed E-state index contributed by atoms with van der Waals surface area (Å²) in [5.41, 5.74) is 1.45. The Morgan fingerprint density at radius 3 is 3.05 bits per heavy atom. The fourth-order valence-corrected chi connectivity index (χ4v) is 3.37. The van der Waals surface area contributed by atoms with E-state index in [1.165, 1.54) is 32.1 Å². The number of thioether (sulfide) groups is 1. The smallest absolute Gasteiger partial charge is 0.339 e. The predicted molar refractivity (Wildman–Crippen MR) is 77.4 cm³/mol. The van der Waals surface area contributed by atoms with Crippen molar-refractivity contribution in [1.82, 2.24) is 10.3 Å². The maximum atomic E-state index is 11.3. The maximum Gasteiger partial charge on any atom is 0.339 e. The maximum absolute atomic E-state index is 11.3. The van der Waals surface area contributed by atoms with E-state index in [0.717, 1.165) is 24.0 Å². The number of esters is 1. The minimum atomic E-state index is -0.342. The molecule has 0 saturated carbocycles. The van der Waals surface area contributed by atoms with Gasteiger partial charge in [0.05, 0.1) is 18.4 Å². The molecule has 1 unspecified atom stereocenters. The Balaban J connectivity index is 1.75. The van der Waals surface area contributed by atoms with E-state index in [-0.39, 0.29) is 5.97 Å². The van der Waals surface area contributed by atoms with Gasteiger partial charge in [0.2, 0.25) is 0 Å². The van der Waals surface area contributed by atoms with Crippen LogP contribution in [0, 0.1) is 0 Å². The third-order valence-electron chi connectivity index (χ3n) is 3.20. The molecule has 0 radical (unpaired) electrons. The molecule has 2 heterocycles. The van der Waals surface area contributed by atoms with Crippen LogP contribution in [0.2, 0.25) is 0 Å². The Bertz CT molecular complexity index is 402. The van der Waals surface area contributed by atoms with Gasteiger partial charge in [-0.3, -0.25) is 4.98 Å². The number of methoxy groups -OCH3 is 1. The highest BCUT2D eigenvalue weighted by atomic mass is 32.2. The van der Waals surface area contributed by atoms with Gasteiger partial charge in [0.1, 0.15) is 0 Å². The fraction of sp³-hybridized carbons (Fsp3) is 0.571. The van der Waals surface area contributed by atoms with Gasteiger partial charge in [-0.25, -0.2) is 4.79 Å². The van der Waals surface area contributed by atoms with Gasteiger partial charge in [0.25, 0.3) is 0 Å². The van der Waals surface area contributed by atoms with E-state index in [4.69, 9.17) is 0 Å². The number of carbonyl (C=O) groups is 1. The van der Waals surface area contributed by atoms with Crippen LogP contribution < -0.4 is 5.32 Å². The lowest BCUT2D eigenvalue weighted by Crippen LogP contribution is -2.26. The lowest BCUT2D eigenvalue weighted by Gasteiger charge is -2.21. The second kappa shape index (κ2) is 7.50. The predicted octanol–water partition coefficient (Wildman–Crippen LogP) is 2.24. The summed E-state index contributed by atoms with van der Waals surface area (Å²) >= 11 is 2.06. The van der Waals surface area contributed by atoms with E-state index in [2.05, 4.69) is 26.8 Å². The molecule has 1 atom stereocenters. The molecule has 5 heteroatoms. The molecule has 0 aromatic carbocycles. The number of pyridine rings is 1. The van der Waals surface area contributed by atoms with Crippen molar-refractivity contribution in [2.45, 2.75) is 31.1 Å². The third kappa shape index (κ3) is 4.51. The summed E-state index contributed by atoms with van der Waals surface area (Å²) in [6.45, 7) is 1.78. The first-order valence-electron chi connectivity index (χ1n) is 6.65. The molecular formula is C14H20N2O2S. The molecule has 0 spiro atoms. The van der Waals surface area contributed by atoms with Crippen LogP contribution >= 0.6 is 11.8 Å². The van der Waals surface area contributed by atoms with E-state index in [0.29, 0.717) is 5.56 Å². The first kappa shape index (κ1) is 14.3. The zero-order valence-electron chi connectivity index (χ0n) is 11.2. The molecule has 1 aromatic heterocycles. The summed E-state index contributed by atoms with van der Waals surface area (Å²) < 4.78 is 4.64. The van der Waals surface area contributed by atoms with E-state index < -0.39 is 0 Å². The van der Waals surface area contributed by atoms with Crippen molar-refractivity contribution in [3.05, 3.63) is 29.6 Å². The van der Waals surface area contributed by atoms with Gasteiger partial charge in [-0.2, -0.15) is 11.8 Å². The molecule has 1 aliphatic heterocycles. The van der Waals surface area contributed by atoms with Crippen molar-refractivity contribution in [1.29, 1.82) is 0 Å². The number of hydrogen-bond donors (Lipinski definition) is 1. The Kier molecular flexibility index (Phi) is 5.66. The highest BCUT2D eigenvalue weighted by Gasteiger charge is 2.13. The van der Waals surface area contributed by atoms with Crippen LogP contribution in [0.15, 0.2) is 18.3 Å². The molecule has 1 N–H and O–H groups in total. The Hall–Kier alpha value is -1.07. The monoisotopic (exact) mass is 280 g/mol. The third-order valence-corrected chi connectivity index (χ3v) is 4.60. The van der Waals surface area contributed by atoms with Gasteiger partial charge in [-0.15, -0.1) is 0 Å². The van der Waals surface area contributed by atoms with Crippen molar-refractivity contribution < 1.29 is 9.53 Å². The first-order chi connectivity index (χ1) is 9.29. The molecule has 1 fully saturated rings.